The number of halogens is 9. The number of nitrogens with zero attached hydrogens (tertiary/aromatic N) is 2. The van der Waals surface area contributed by atoms with Crippen LogP contribution in [-0.2, 0) is 22.2 Å². The number of aryl methyl sites for hydroxylation is 2. The maximum absolute atomic E-state index is 16.7. The van der Waals surface area contributed by atoms with Crippen LogP contribution in [0.1, 0.15) is 73.9 Å². The Labute approximate surface area is 294 Å². The van der Waals surface area contributed by atoms with Gasteiger partial charge in [-0.15, -0.1) is 0 Å². The fourth-order valence-electron chi connectivity index (χ4n) is 6.94. The number of carboxylic acids is 1. The second-order valence-electron chi connectivity index (χ2n) is 14.1. The summed E-state index contributed by atoms with van der Waals surface area (Å²) in [6, 6.07) is 0.289. The number of likely N-dealkylation sites (tertiary alicyclic amines) is 1. The van der Waals surface area contributed by atoms with Crippen molar-refractivity contribution in [2.75, 3.05) is 19.6 Å². The first-order valence-corrected chi connectivity index (χ1v) is 16.5. The number of rotatable bonds is 12. The van der Waals surface area contributed by atoms with Crippen molar-refractivity contribution in [3.8, 4) is 0 Å². The Hall–Kier alpha value is -4.08. The van der Waals surface area contributed by atoms with Crippen LogP contribution in [0.4, 0.5) is 39.5 Å². The van der Waals surface area contributed by atoms with Crippen LogP contribution in [0.2, 0.25) is 0 Å². The minimum Gasteiger partial charge on any atom is -0.481 e. The molecule has 7 nitrogen and oxygen atoms in total. The number of benzene rings is 1. The first-order valence-electron chi connectivity index (χ1n) is 16.5. The second kappa shape index (κ2) is 14.7. The SMILES string of the molecule is CC1=CC(c2c(C)cccc2C)=C(F)C(C(CC(=O)O)NC(=O)C(CC(C)(C)F)n2cc(CCN3CCC3)c(C(F)(F)F)cc2=O)C1(F)C(F)(F)F. The number of carbonyl (C=O) groups excluding carboxylic acids is 1. The van der Waals surface area contributed by atoms with E-state index in [0.717, 1.165) is 33.4 Å². The van der Waals surface area contributed by atoms with Crippen molar-refractivity contribution in [2.45, 2.75) is 96.1 Å². The van der Waals surface area contributed by atoms with E-state index < -0.39 is 100 Å². The third kappa shape index (κ3) is 8.42. The number of aromatic nitrogens is 1. The van der Waals surface area contributed by atoms with Crippen LogP contribution in [0.25, 0.3) is 5.57 Å². The van der Waals surface area contributed by atoms with Gasteiger partial charge in [-0.2, -0.15) is 26.3 Å². The fraction of sp³-hybridized carbons (Fsp3) is 0.528. The molecule has 0 saturated carbocycles. The average Bonchev–Trinajstić information content (AvgIpc) is 2.96. The maximum atomic E-state index is 16.7. The predicted molar refractivity (Wildman–Crippen MR) is 175 cm³/mol. The molecule has 1 fully saturated rings. The molecule has 2 heterocycles. The van der Waals surface area contributed by atoms with Gasteiger partial charge in [-0.1, -0.05) is 18.2 Å². The van der Waals surface area contributed by atoms with Gasteiger partial charge < -0.3 is 19.9 Å². The van der Waals surface area contributed by atoms with E-state index in [-0.39, 0.29) is 24.6 Å². The minimum atomic E-state index is -5.85. The molecule has 1 aliphatic carbocycles. The maximum Gasteiger partial charge on any atom is 0.427 e. The van der Waals surface area contributed by atoms with Crippen LogP contribution >= 0.6 is 0 Å². The molecule has 4 atom stereocenters. The Morgan fingerprint density at radius 1 is 1.04 bits per heavy atom. The molecule has 286 valence electrons. The Bertz CT molecular complexity index is 1800. The van der Waals surface area contributed by atoms with Gasteiger partial charge in [0.05, 0.1) is 23.9 Å². The summed E-state index contributed by atoms with van der Waals surface area (Å²) in [4.78, 5) is 41.1. The van der Waals surface area contributed by atoms with E-state index in [1.165, 1.54) is 26.0 Å². The number of pyridine rings is 1. The van der Waals surface area contributed by atoms with Gasteiger partial charge in [0.2, 0.25) is 11.6 Å². The molecule has 1 aromatic heterocycles. The third-order valence-electron chi connectivity index (χ3n) is 9.61. The van der Waals surface area contributed by atoms with Crippen LogP contribution in [-0.4, -0.2) is 69.6 Å². The largest absolute Gasteiger partial charge is 0.481 e. The lowest BCUT2D eigenvalue weighted by Gasteiger charge is -2.42. The number of alkyl halides is 8. The summed E-state index contributed by atoms with van der Waals surface area (Å²) in [7, 11) is 0. The molecule has 4 unspecified atom stereocenters. The molecule has 2 aliphatic rings. The molecule has 0 bridgehead atoms. The summed E-state index contributed by atoms with van der Waals surface area (Å²) in [5.74, 6) is -8.16. The van der Waals surface area contributed by atoms with Crippen molar-refractivity contribution < 1.29 is 54.2 Å². The number of amides is 1. The number of carboxylic acid groups (broad SMARTS) is 1. The van der Waals surface area contributed by atoms with E-state index in [2.05, 4.69) is 0 Å². The van der Waals surface area contributed by atoms with E-state index in [1.54, 1.807) is 6.07 Å². The minimum absolute atomic E-state index is 0.105. The van der Waals surface area contributed by atoms with Crippen molar-refractivity contribution in [2.24, 2.45) is 5.92 Å². The quantitative estimate of drug-likeness (QED) is 0.218. The van der Waals surface area contributed by atoms with Crippen molar-refractivity contribution in [1.82, 2.24) is 14.8 Å². The van der Waals surface area contributed by atoms with Gasteiger partial charge in [0.25, 0.3) is 5.56 Å². The van der Waals surface area contributed by atoms with Crippen LogP contribution in [0.15, 0.2) is 52.7 Å². The van der Waals surface area contributed by atoms with Gasteiger partial charge in [-0.05, 0) is 94.5 Å². The van der Waals surface area contributed by atoms with Crippen molar-refractivity contribution in [3.63, 3.8) is 0 Å². The highest BCUT2D eigenvalue weighted by Crippen LogP contribution is 2.54. The van der Waals surface area contributed by atoms with Gasteiger partial charge in [0.1, 0.15) is 17.5 Å². The zero-order valence-electron chi connectivity index (χ0n) is 29.1. The number of nitrogens with one attached hydrogen (secondary N) is 1. The van der Waals surface area contributed by atoms with Crippen LogP contribution in [0, 0.1) is 19.8 Å². The third-order valence-corrected chi connectivity index (χ3v) is 9.61. The Kier molecular flexibility index (Phi) is 11.5. The zero-order chi connectivity index (χ0) is 39.1. The first kappa shape index (κ1) is 40.7. The number of aliphatic carboxylic acids is 1. The zero-order valence-corrected chi connectivity index (χ0v) is 29.1. The van der Waals surface area contributed by atoms with Gasteiger partial charge in [-0.25, -0.2) is 13.2 Å². The summed E-state index contributed by atoms with van der Waals surface area (Å²) in [5, 5.41) is 11.7. The van der Waals surface area contributed by atoms with E-state index in [1.807, 2.05) is 10.2 Å². The van der Waals surface area contributed by atoms with E-state index >= 15 is 13.2 Å². The first-order chi connectivity index (χ1) is 23.9. The van der Waals surface area contributed by atoms with E-state index in [9.17, 15) is 45.8 Å². The molecule has 52 heavy (non-hydrogen) atoms. The summed E-state index contributed by atoms with van der Waals surface area (Å²) < 4.78 is 135. The Morgan fingerprint density at radius 3 is 2.12 bits per heavy atom. The summed E-state index contributed by atoms with van der Waals surface area (Å²) in [5.41, 5.74) is -10.7. The number of hydrogen-bond donors (Lipinski definition) is 2. The lowest BCUT2D eigenvalue weighted by Crippen LogP contribution is -2.59. The summed E-state index contributed by atoms with van der Waals surface area (Å²) in [6.07, 6.45) is -11.3. The van der Waals surface area contributed by atoms with Crippen molar-refractivity contribution in [3.05, 3.63) is 86.1 Å². The van der Waals surface area contributed by atoms with Crippen LogP contribution in [0.5, 0.6) is 0 Å². The van der Waals surface area contributed by atoms with Crippen LogP contribution in [0.3, 0.4) is 0 Å². The number of allylic oxidation sites excluding steroid dienone is 3. The van der Waals surface area contributed by atoms with Gasteiger partial charge in [-0.3, -0.25) is 14.4 Å². The molecule has 16 heteroatoms. The van der Waals surface area contributed by atoms with Gasteiger partial charge >= 0.3 is 18.3 Å². The summed E-state index contributed by atoms with van der Waals surface area (Å²) >= 11 is 0. The highest BCUT2D eigenvalue weighted by Gasteiger charge is 2.66. The molecule has 2 N–H and O–H groups in total. The molecular formula is C36H40F9N3O4. The molecule has 2 aromatic rings. The van der Waals surface area contributed by atoms with Gasteiger partial charge in [0.15, 0.2) is 0 Å². The number of carbonyl (C=O) groups is 2. The van der Waals surface area contributed by atoms with Crippen molar-refractivity contribution >= 4 is 17.4 Å². The average molecular weight is 750 g/mol. The fourth-order valence-corrected chi connectivity index (χ4v) is 6.94. The topological polar surface area (TPSA) is 91.6 Å². The molecule has 1 aliphatic heterocycles. The van der Waals surface area contributed by atoms with Crippen LogP contribution < -0.4 is 10.9 Å². The molecular weight excluding hydrogens is 709 g/mol. The Balaban J connectivity index is 1.89. The second-order valence-corrected chi connectivity index (χ2v) is 14.1. The molecule has 1 aromatic carbocycles. The highest BCUT2D eigenvalue weighted by molar-refractivity contribution is 5.84. The highest BCUT2D eigenvalue weighted by atomic mass is 19.4. The standard InChI is InChI=1S/C36H40F9N3O4/c1-19-8-6-9-20(2)29(19)23-14-21(3)34(39,36(43,44)45)30(31(23)37)25(16-28(50)51)46-32(52)26(17-33(4,5)38)48-18-22(10-13-47-11-7-12-47)24(15-27(48)49)35(40,41)42/h6,8-9,14-15,18,25-26,30H,7,10-13,16-17H2,1-5H3,(H,46,52)(H,50,51). The monoisotopic (exact) mass is 749 g/mol. The normalized spacial score (nSPS) is 21.3. The molecule has 0 spiro atoms. The summed E-state index contributed by atoms with van der Waals surface area (Å²) in [6.45, 7) is 7.12. The lowest BCUT2D eigenvalue weighted by molar-refractivity contribution is -0.234. The van der Waals surface area contributed by atoms with Gasteiger partial charge in [0, 0.05) is 30.8 Å². The molecule has 4 rings (SSSR count). The molecule has 1 saturated heterocycles. The Morgan fingerprint density at radius 2 is 1.63 bits per heavy atom. The van der Waals surface area contributed by atoms with E-state index in [4.69, 9.17) is 0 Å². The predicted octanol–water partition coefficient (Wildman–Crippen LogP) is 7.60. The van der Waals surface area contributed by atoms with E-state index in [0.29, 0.717) is 34.9 Å². The smallest absolute Gasteiger partial charge is 0.427 e. The van der Waals surface area contributed by atoms with Crippen molar-refractivity contribution in [1.29, 1.82) is 0 Å². The number of hydrogen-bond acceptors (Lipinski definition) is 4. The lowest BCUT2D eigenvalue weighted by atomic mass is 9.70. The molecule has 0 radical (unpaired) electrons. The molecule has 1 amide bonds.